The molecule has 0 saturated carbocycles. The molecule has 0 bridgehead atoms. The summed E-state index contributed by atoms with van der Waals surface area (Å²) in [6.45, 7) is 7.19. The molecule has 0 aliphatic heterocycles. The van der Waals surface area contributed by atoms with Crippen LogP contribution in [0.5, 0.6) is 0 Å². The minimum Gasteiger partial charge on any atom is -1.00 e. The molecule has 0 N–H and O–H groups in total. The fourth-order valence-electron chi connectivity index (χ4n) is 4.07. The number of aromatic nitrogens is 1. The van der Waals surface area contributed by atoms with E-state index in [9.17, 15) is 4.79 Å². The molecule has 4 heteroatoms. The highest BCUT2D eigenvalue weighted by Crippen LogP contribution is 2.32. The van der Waals surface area contributed by atoms with E-state index in [0.717, 1.165) is 29.4 Å². The Morgan fingerprint density at radius 3 is 2.45 bits per heavy atom. The molecule has 1 atom stereocenters. The number of Topliss-reactive ketones (excluding diaryl/α,β-unsaturated/α-hetero) is 1. The maximum absolute atomic E-state index is 12.9. The van der Waals surface area contributed by atoms with Gasteiger partial charge in [0.05, 0.1) is 4.47 Å². The van der Waals surface area contributed by atoms with Crippen molar-refractivity contribution in [1.82, 2.24) is 0 Å². The van der Waals surface area contributed by atoms with Gasteiger partial charge in [-0.1, -0.05) is 30.3 Å². The topological polar surface area (TPSA) is 20.9 Å². The van der Waals surface area contributed by atoms with Crippen LogP contribution < -0.4 is 21.5 Å². The van der Waals surface area contributed by atoms with Crippen LogP contribution in [-0.2, 0) is 19.4 Å². The van der Waals surface area contributed by atoms with Crippen molar-refractivity contribution >= 4 is 21.7 Å². The van der Waals surface area contributed by atoms with Gasteiger partial charge >= 0.3 is 0 Å². The van der Waals surface area contributed by atoms with Crippen molar-refractivity contribution < 1.29 is 26.3 Å². The summed E-state index contributed by atoms with van der Waals surface area (Å²) in [6, 6.07) is 14.9. The standard InChI is InChI=1S/C25H25BrNO.BrH/c1-16-6-4-5-7-20(16)14-27-9-8-19(24(26)15-27)12-22-13-21-10-17(2)18(3)11-23(21)25(22)28;/h4-11,15,22H,12-14H2,1-3H3;1H/q+1;/p-1. The summed E-state index contributed by atoms with van der Waals surface area (Å²) < 4.78 is 3.26. The van der Waals surface area contributed by atoms with Crippen LogP contribution in [0, 0.1) is 26.7 Å². The second kappa shape index (κ2) is 8.93. The van der Waals surface area contributed by atoms with Gasteiger partial charge in [0.15, 0.2) is 24.7 Å². The number of nitrogens with zero attached hydrogens (tertiary/aromatic N) is 1. The van der Waals surface area contributed by atoms with E-state index < -0.39 is 0 Å². The van der Waals surface area contributed by atoms with Crippen LogP contribution in [0.15, 0.2) is 59.3 Å². The molecule has 0 radical (unpaired) electrons. The van der Waals surface area contributed by atoms with Gasteiger partial charge in [-0.15, -0.1) is 0 Å². The number of ketones is 1. The first-order chi connectivity index (χ1) is 13.4. The number of rotatable bonds is 4. The Bertz CT molecular complexity index is 1070. The van der Waals surface area contributed by atoms with Gasteiger partial charge in [0.25, 0.3) is 0 Å². The second-order valence-corrected chi connectivity index (χ2v) is 8.83. The smallest absolute Gasteiger partial charge is 0.183 e. The largest absolute Gasteiger partial charge is 1.00 e. The summed E-state index contributed by atoms with van der Waals surface area (Å²) in [6.07, 6.45) is 5.87. The molecule has 0 fully saturated rings. The number of carbonyl (C=O) groups is 1. The highest BCUT2D eigenvalue weighted by molar-refractivity contribution is 9.10. The number of fused-ring (bicyclic) bond motifs is 1. The molecule has 29 heavy (non-hydrogen) atoms. The fraction of sp³-hybridized carbons (Fsp3) is 0.280. The molecule has 2 nitrogen and oxygen atoms in total. The van der Waals surface area contributed by atoms with E-state index in [1.54, 1.807) is 0 Å². The number of benzene rings is 2. The quantitative estimate of drug-likeness (QED) is 0.489. The lowest BCUT2D eigenvalue weighted by molar-refractivity contribution is -0.689. The van der Waals surface area contributed by atoms with E-state index in [-0.39, 0.29) is 22.9 Å². The molecule has 2 aromatic carbocycles. The summed E-state index contributed by atoms with van der Waals surface area (Å²) in [4.78, 5) is 12.9. The summed E-state index contributed by atoms with van der Waals surface area (Å²) in [5.41, 5.74) is 8.42. The Morgan fingerprint density at radius 1 is 1.00 bits per heavy atom. The van der Waals surface area contributed by atoms with E-state index in [2.05, 4.69) is 96.1 Å². The molecule has 150 valence electrons. The predicted molar refractivity (Wildman–Crippen MR) is 116 cm³/mol. The molecule has 3 aromatic rings. The van der Waals surface area contributed by atoms with Crippen LogP contribution in [0.2, 0.25) is 0 Å². The van der Waals surface area contributed by atoms with Gasteiger partial charge in [-0.05, 0) is 83.4 Å². The van der Waals surface area contributed by atoms with Crippen molar-refractivity contribution in [3.63, 3.8) is 0 Å². The molecule has 4 rings (SSSR count). The van der Waals surface area contributed by atoms with Crippen LogP contribution in [-0.4, -0.2) is 5.78 Å². The van der Waals surface area contributed by atoms with Gasteiger partial charge in [0.1, 0.15) is 0 Å². The molecule has 1 heterocycles. The summed E-state index contributed by atoms with van der Waals surface area (Å²) in [5, 5.41) is 0. The minimum absolute atomic E-state index is 0. The van der Waals surface area contributed by atoms with Crippen LogP contribution >= 0.6 is 15.9 Å². The Balaban J connectivity index is 0.00000240. The minimum atomic E-state index is 0. The first-order valence-corrected chi connectivity index (χ1v) is 10.6. The third-order valence-corrected chi connectivity index (χ3v) is 6.67. The lowest BCUT2D eigenvalue weighted by Gasteiger charge is -2.09. The zero-order chi connectivity index (χ0) is 19.8. The zero-order valence-electron chi connectivity index (χ0n) is 17.0. The monoisotopic (exact) mass is 513 g/mol. The van der Waals surface area contributed by atoms with Crippen LogP contribution in [0.3, 0.4) is 0 Å². The van der Waals surface area contributed by atoms with E-state index in [4.69, 9.17) is 0 Å². The average molecular weight is 515 g/mol. The highest BCUT2D eigenvalue weighted by Gasteiger charge is 2.31. The zero-order valence-corrected chi connectivity index (χ0v) is 20.2. The van der Waals surface area contributed by atoms with Crippen molar-refractivity contribution in [3.8, 4) is 0 Å². The van der Waals surface area contributed by atoms with Crippen molar-refractivity contribution in [3.05, 3.63) is 98.3 Å². The van der Waals surface area contributed by atoms with Gasteiger partial charge in [0.2, 0.25) is 0 Å². The maximum atomic E-state index is 12.9. The number of pyridine rings is 1. The van der Waals surface area contributed by atoms with Crippen molar-refractivity contribution in [2.45, 2.75) is 40.2 Å². The molecule has 0 amide bonds. The summed E-state index contributed by atoms with van der Waals surface area (Å²) in [5.74, 6) is 0.335. The Hall–Kier alpha value is -1.78. The first kappa shape index (κ1) is 21.9. The van der Waals surface area contributed by atoms with E-state index >= 15 is 0 Å². The number of halogens is 2. The van der Waals surface area contributed by atoms with Gasteiger partial charge in [-0.3, -0.25) is 4.79 Å². The third kappa shape index (κ3) is 4.54. The number of carbonyl (C=O) groups excluding carboxylic acids is 1. The van der Waals surface area contributed by atoms with Crippen molar-refractivity contribution in [2.24, 2.45) is 5.92 Å². The third-order valence-electron chi connectivity index (χ3n) is 5.96. The molecular weight excluding hydrogens is 490 g/mol. The van der Waals surface area contributed by atoms with Gasteiger partial charge in [-0.2, -0.15) is 4.57 Å². The molecule has 1 unspecified atom stereocenters. The Kier molecular flexibility index (Phi) is 6.75. The molecule has 0 spiro atoms. The summed E-state index contributed by atoms with van der Waals surface area (Å²) >= 11 is 3.73. The van der Waals surface area contributed by atoms with Crippen LogP contribution in [0.4, 0.5) is 0 Å². The Morgan fingerprint density at radius 2 is 1.72 bits per heavy atom. The van der Waals surface area contributed by atoms with Gasteiger partial charge < -0.3 is 17.0 Å². The van der Waals surface area contributed by atoms with E-state index in [1.807, 2.05) is 0 Å². The van der Waals surface area contributed by atoms with Crippen molar-refractivity contribution in [1.29, 1.82) is 0 Å². The highest BCUT2D eigenvalue weighted by atomic mass is 79.9. The normalized spacial score (nSPS) is 15.2. The Labute approximate surface area is 191 Å². The second-order valence-electron chi connectivity index (χ2n) is 7.98. The SMILES string of the molecule is Cc1cc2c(cc1C)C(=O)C(Cc1cc[n+](Cc3ccccc3C)cc1Br)C2.[Br-]. The van der Waals surface area contributed by atoms with Crippen molar-refractivity contribution in [2.75, 3.05) is 0 Å². The predicted octanol–water partition coefficient (Wildman–Crippen LogP) is 2.31. The lowest BCUT2D eigenvalue weighted by atomic mass is 9.96. The summed E-state index contributed by atoms with van der Waals surface area (Å²) in [7, 11) is 0. The lowest BCUT2D eigenvalue weighted by Crippen LogP contribution is -3.00. The average Bonchev–Trinajstić information content (AvgIpc) is 2.95. The molecule has 1 aliphatic carbocycles. The van der Waals surface area contributed by atoms with Crippen LogP contribution in [0.25, 0.3) is 0 Å². The number of hydrogen-bond acceptors (Lipinski definition) is 1. The van der Waals surface area contributed by atoms with E-state index in [1.165, 1.54) is 33.4 Å². The molecule has 1 aliphatic rings. The fourth-order valence-corrected chi connectivity index (χ4v) is 4.62. The number of hydrogen-bond donors (Lipinski definition) is 0. The van der Waals surface area contributed by atoms with Crippen LogP contribution in [0.1, 0.15) is 43.7 Å². The molecular formula is C25H25Br2NO. The molecule has 1 aromatic heterocycles. The first-order valence-electron chi connectivity index (χ1n) is 9.78. The van der Waals surface area contributed by atoms with Gasteiger partial charge in [-0.25, -0.2) is 0 Å². The van der Waals surface area contributed by atoms with Gasteiger partial charge in [0, 0.05) is 23.1 Å². The molecule has 0 saturated heterocycles. The van der Waals surface area contributed by atoms with E-state index in [0.29, 0.717) is 5.78 Å². The maximum Gasteiger partial charge on any atom is 0.183 e. The number of aryl methyl sites for hydroxylation is 3.